The average molecular weight is 198 g/mol. The van der Waals surface area contributed by atoms with Gasteiger partial charge in [0.25, 0.3) is 0 Å². The van der Waals surface area contributed by atoms with Crippen LogP contribution in [0, 0.1) is 17.1 Å². The first-order chi connectivity index (χ1) is 6.15. The number of hydrogen-bond donors (Lipinski definition) is 0. The first kappa shape index (κ1) is 9.69. The Morgan fingerprint density at radius 2 is 2.00 bits per heavy atom. The topological polar surface area (TPSA) is 40.9 Å². The molecule has 0 saturated carbocycles. The second kappa shape index (κ2) is 4.01. The molecule has 0 aromatic heterocycles. The summed E-state index contributed by atoms with van der Waals surface area (Å²) in [4.78, 5) is 11.2. The van der Waals surface area contributed by atoms with Crippen molar-refractivity contribution >= 4 is 17.4 Å². The SMILES string of the molecule is N#CC(Cl)C(=O)c1ccc(F)cc1. The van der Waals surface area contributed by atoms with Gasteiger partial charge in [-0.2, -0.15) is 5.26 Å². The third-order valence-electron chi connectivity index (χ3n) is 1.47. The maximum absolute atomic E-state index is 12.4. The summed E-state index contributed by atoms with van der Waals surface area (Å²) in [6.45, 7) is 0. The molecule has 0 heterocycles. The molecule has 66 valence electrons. The molecule has 1 aromatic rings. The van der Waals surface area contributed by atoms with Gasteiger partial charge in [-0.3, -0.25) is 4.79 Å². The highest BCUT2D eigenvalue weighted by Gasteiger charge is 2.15. The summed E-state index contributed by atoms with van der Waals surface area (Å²) in [7, 11) is 0. The minimum Gasteiger partial charge on any atom is -0.291 e. The lowest BCUT2D eigenvalue weighted by Gasteiger charge is -1.99. The van der Waals surface area contributed by atoms with Crippen LogP contribution < -0.4 is 0 Å². The summed E-state index contributed by atoms with van der Waals surface area (Å²) in [5.41, 5.74) is 0.239. The summed E-state index contributed by atoms with van der Waals surface area (Å²) < 4.78 is 12.4. The number of halogens is 2. The first-order valence-electron chi connectivity index (χ1n) is 3.48. The smallest absolute Gasteiger partial charge is 0.194 e. The summed E-state index contributed by atoms with van der Waals surface area (Å²) in [6.07, 6.45) is 0. The Balaban J connectivity index is 2.91. The van der Waals surface area contributed by atoms with Crippen LogP contribution in [0.1, 0.15) is 10.4 Å². The molecule has 0 aliphatic carbocycles. The number of carbonyl (C=O) groups is 1. The van der Waals surface area contributed by atoms with Gasteiger partial charge in [-0.05, 0) is 24.3 Å². The van der Waals surface area contributed by atoms with Gasteiger partial charge in [-0.1, -0.05) is 11.6 Å². The van der Waals surface area contributed by atoms with Crippen molar-refractivity contribution in [2.45, 2.75) is 5.38 Å². The van der Waals surface area contributed by atoms with E-state index in [4.69, 9.17) is 16.9 Å². The molecule has 1 rings (SSSR count). The number of ketones is 1. The molecule has 1 aromatic carbocycles. The molecule has 2 nitrogen and oxygen atoms in total. The summed E-state index contributed by atoms with van der Waals surface area (Å²) in [5, 5.41) is 7.14. The van der Waals surface area contributed by atoms with E-state index >= 15 is 0 Å². The molecule has 0 amide bonds. The van der Waals surface area contributed by atoms with Gasteiger partial charge >= 0.3 is 0 Å². The predicted molar refractivity (Wildman–Crippen MR) is 46.0 cm³/mol. The number of carbonyl (C=O) groups excluding carboxylic acids is 1. The van der Waals surface area contributed by atoms with Gasteiger partial charge in [0.2, 0.25) is 0 Å². The molecule has 1 atom stereocenters. The van der Waals surface area contributed by atoms with Gasteiger partial charge in [-0.25, -0.2) is 4.39 Å². The Labute approximate surface area is 79.5 Å². The maximum atomic E-state index is 12.4. The van der Waals surface area contributed by atoms with E-state index in [2.05, 4.69) is 0 Å². The van der Waals surface area contributed by atoms with E-state index in [1.807, 2.05) is 0 Å². The van der Waals surface area contributed by atoms with Crippen molar-refractivity contribution in [1.82, 2.24) is 0 Å². The molecule has 0 spiro atoms. The highest BCUT2D eigenvalue weighted by atomic mass is 35.5. The van der Waals surface area contributed by atoms with Crippen molar-refractivity contribution in [3.8, 4) is 6.07 Å². The van der Waals surface area contributed by atoms with Crippen molar-refractivity contribution in [3.05, 3.63) is 35.6 Å². The van der Waals surface area contributed by atoms with Crippen molar-refractivity contribution in [1.29, 1.82) is 5.26 Å². The molecule has 0 bridgehead atoms. The van der Waals surface area contributed by atoms with Crippen molar-refractivity contribution < 1.29 is 9.18 Å². The molecule has 0 radical (unpaired) electrons. The molecule has 0 N–H and O–H groups in total. The van der Waals surface area contributed by atoms with Gasteiger partial charge < -0.3 is 0 Å². The summed E-state index contributed by atoms with van der Waals surface area (Å²) in [5.74, 6) is -0.941. The monoisotopic (exact) mass is 197 g/mol. The molecule has 4 heteroatoms. The van der Waals surface area contributed by atoms with Gasteiger partial charge in [0.1, 0.15) is 5.82 Å². The second-order valence-corrected chi connectivity index (χ2v) is 2.80. The van der Waals surface area contributed by atoms with Gasteiger partial charge in [0.05, 0.1) is 6.07 Å². The van der Waals surface area contributed by atoms with Crippen LogP contribution in [0.5, 0.6) is 0 Å². The fourth-order valence-electron chi connectivity index (χ4n) is 0.819. The van der Waals surface area contributed by atoms with Gasteiger partial charge in [0.15, 0.2) is 11.2 Å². The first-order valence-corrected chi connectivity index (χ1v) is 3.92. The summed E-state index contributed by atoms with van der Waals surface area (Å²) >= 11 is 5.39. The Hall–Kier alpha value is -1.40. The molecule has 0 saturated heterocycles. The fourth-order valence-corrected chi connectivity index (χ4v) is 0.945. The molecular weight excluding hydrogens is 193 g/mol. The Morgan fingerprint density at radius 1 is 1.46 bits per heavy atom. The number of rotatable bonds is 2. The van der Waals surface area contributed by atoms with Crippen LogP contribution in [0.15, 0.2) is 24.3 Å². The Kier molecular flexibility index (Phi) is 2.99. The molecule has 1 unspecified atom stereocenters. The number of Topliss-reactive ketones (excluding diaryl/α,β-unsaturated/α-hetero) is 1. The molecule has 13 heavy (non-hydrogen) atoms. The van der Waals surface area contributed by atoms with E-state index in [1.54, 1.807) is 6.07 Å². The minimum atomic E-state index is -1.20. The Morgan fingerprint density at radius 3 is 2.46 bits per heavy atom. The Bertz CT molecular complexity index is 355. The van der Waals surface area contributed by atoms with E-state index < -0.39 is 17.0 Å². The third kappa shape index (κ3) is 2.27. The molecule has 0 aliphatic rings. The van der Waals surface area contributed by atoms with Crippen LogP contribution in [-0.4, -0.2) is 11.2 Å². The molecule has 0 fully saturated rings. The predicted octanol–water partition coefficient (Wildman–Crippen LogP) is 2.14. The number of alkyl halides is 1. The van der Waals surface area contributed by atoms with Crippen LogP contribution >= 0.6 is 11.6 Å². The van der Waals surface area contributed by atoms with E-state index in [0.29, 0.717) is 0 Å². The largest absolute Gasteiger partial charge is 0.291 e. The minimum absolute atomic E-state index is 0.239. The number of nitrogens with zero attached hydrogens (tertiary/aromatic N) is 1. The van der Waals surface area contributed by atoms with Crippen LogP contribution in [0.4, 0.5) is 4.39 Å². The van der Waals surface area contributed by atoms with Gasteiger partial charge in [0, 0.05) is 5.56 Å². The zero-order valence-corrected chi connectivity index (χ0v) is 7.25. The van der Waals surface area contributed by atoms with Crippen molar-refractivity contribution in [2.24, 2.45) is 0 Å². The van der Waals surface area contributed by atoms with Crippen LogP contribution in [0.25, 0.3) is 0 Å². The average Bonchev–Trinajstić information content (AvgIpc) is 2.17. The quantitative estimate of drug-likeness (QED) is 0.538. The zero-order valence-electron chi connectivity index (χ0n) is 6.50. The lowest BCUT2D eigenvalue weighted by Crippen LogP contribution is -2.11. The van der Waals surface area contributed by atoms with Crippen molar-refractivity contribution in [3.63, 3.8) is 0 Å². The lowest BCUT2D eigenvalue weighted by molar-refractivity contribution is 0.100. The van der Waals surface area contributed by atoms with E-state index in [0.717, 1.165) is 12.1 Å². The third-order valence-corrected chi connectivity index (χ3v) is 1.77. The highest BCUT2D eigenvalue weighted by Crippen LogP contribution is 2.08. The van der Waals surface area contributed by atoms with Crippen LogP contribution in [0.3, 0.4) is 0 Å². The van der Waals surface area contributed by atoms with Crippen LogP contribution in [0.2, 0.25) is 0 Å². The molecule has 0 aliphatic heterocycles. The van der Waals surface area contributed by atoms with E-state index in [1.165, 1.54) is 12.1 Å². The normalized spacial score (nSPS) is 11.8. The number of hydrogen-bond acceptors (Lipinski definition) is 2. The standard InChI is InChI=1S/C9H5ClFNO/c10-8(5-12)9(13)6-1-3-7(11)4-2-6/h1-4,8H. The zero-order chi connectivity index (χ0) is 9.84. The van der Waals surface area contributed by atoms with E-state index in [9.17, 15) is 9.18 Å². The molecular formula is C9H5ClFNO. The second-order valence-electron chi connectivity index (χ2n) is 2.36. The maximum Gasteiger partial charge on any atom is 0.194 e. The number of benzene rings is 1. The summed E-state index contributed by atoms with van der Waals surface area (Å²) in [6, 6.07) is 6.49. The number of nitriles is 1. The van der Waals surface area contributed by atoms with Crippen molar-refractivity contribution in [2.75, 3.05) is 0 Å². The fraction of sp³-hybridized carbons (Fsp3) is 0.111. The lowest BCUT2D eigenvalue weighted by atomic mass is 10.1. The highest BCUT2D eigenvalue weighted by molar-refractivity contribution is 6.35. The van der Waals surface area contributed by atoms with Gasteiger partial charge in [-0.15, -0.1) is 0 Å². The van der Waals surface area contributed by atoms with Crippen LogP contribution in [-0.2, 0) is 0 Å². The van der Waals surface area contributed by atoms with E-state index in [-0.39, 0.29) is 5.56 Å².